The monoisotopic (exact) mass is 201 g/mol. The van der Waals surface area contributed by atoms with E-state index in [1.165, 1.54) is 0 Å². The zero-order chi connectivity index (χ0) is 4.00. The van der Waals surface area contributed by atoms with Crippen molar-refractivity contribution in [2.75, 3.05) is 0 Å². The Balaban J connectivity index is 0. The van der Waals surface area contributed by atoms with Gasteiger partial charge in [0, 0.05) is 0 Å². The predicted molar refractivity (Wildman–Crippen MR) is 9.92 cm³/mol. The molecule has 0 heterocycles. The molecule has 0 amide bonds. The van der Waals surface area contributed by atoms with E-state index in [0.717, 1.165) is 0 Å². The van der Waals surface area contributed by atoms with Crippen molar-refractivity contribution in [3.05, 3.63) is 0 Å². The quantitative estimate of drug-likeness (QED) is 0.462. The second-order valence-corrected chi connectivity index (χ2v) is 0. The molecule has 4 heteroatoms. The van der Waals surface area contributed by atoms with Crippen molar-refractivity contribution in [3.63, 3.8) is 0 Å². The van der Waals surface area contributed by atoms with Gasteiger partial charge in [0.15, 0.2) is 0 Å². The second kappa shape index (κ2) is 41.4. The molecule has 0 aromatic carbocycles. The van der Waals surface area contributed by atoms with Crippen molar-refractivity contribution in [2.45, 2.75) is 0 Å². The molecular weight excluding hydrogens is 198 g/mol. The van der Waals surface area contributed by atoms with E-state index in [1.807, 2.05) is 0 Å². The van der Waals surface area contributed by atoms with E-state index >= 15 is 0 Å². The molecule has 0 aromatic rings. The average Bonchev–Trinajstić information content (AvgIpc) is 1.50. The summed E-state index contributed by atoms with van der Waals surface area (Å²) < 4.78 is 16.7. The molecule has 0 aliphatic heterocycles. The van der Waals surface area contributed by atoms with Crippen LogP contribution < -0.4 is 0 Å². The average molecular weight is 200 g/mol. The molecule has 2 nitrogen and oxygen atoms in total. The van der Waals surface area contributed by atoms with Crippen molar-refractivity contribution in [1.29, 1.82) is 0 Å². The fraction of sp³-hybridized carbons (Fsp3) is 0. The Morgan fingerprint density at radius 2 is 1.25 bits per heavy atom. The molecule has 0 atom stereocenters. The summed E-state index contributed by atoms with van der Waals surface area (Å²) in [5, 5.41) is 0. The molecule has 0 aliphatic rings. The summed E-state index contributed by atoms with van der Waals surface area (Å²) >= 11 is 0.625. The Morgan fingerprint density at radius 1 is 1.25 bits per heavy atom. The third-order valence-electron chi connectivity index (χ3n) is 0. The van der Waals surface area contributed by atoms with Gasteiger partial charge >= 0.3 is 44.5 Å². The van der Waals surface area contributed by atoms with Gasteiger partial charge in [-0.3, -0.25) is 0 Å². The number of hydrogen-bond donors (Lipinski definition) is 0. The molecule has 0 radical (unpaired) electrons. The number of hydrogen-bond acceptors (Lipinski definition) is 2. The van der Waals surface area contributed by atoms with Crippen LogP contribution in [0.5, 0.6) is 0 Å². The molecule has 0 N–H and O–H groups in total. The molecule has 23 valence electrons. The van der Waals surface area contributed by atoms with Gasteiger partial charge in [0.05, 0.1) is 0 Å². The van der Waals surface area contributed by atoms with Crippen molar-refractivity contribution in [1.82, 2.24) is 0 Å². The minimum absolute atomic E-state index is 0.125. The molecule has 0 aliphatic carbocycles. The molecule has 4 heavy (non-hydrogen) atoms. The van der Waals surface area contributed by atoms with Crippen LogP contribution in [0.4, 0.5) is 0 Å². The topological polar surface area (TPSA) is 34.1 Å². The van der Waals surface area contributed by atoms with Crippen LogP contribution in [0.15, 0.2) is 0 Å². The van der Waals surface area contributed by atoms with Crippen molar-refractivity contribution < 1.29 is 28.1 Å². The summed E-state index contributed by atoms with van der Waals surface area (Å²) in [5.41, 5.74) is 0. The Hall–Kier alpha value is 0.883. The van der Waals surface area contributed by atoms with Gasteiger partial charge in [-0.25, -0.2) is 0 Å². The van der Waals surface area contributed by atoms with E-state index in [0.29, 0.717) is 21.0 Å². The van der Waals surface area contributed by atoms with Crippen molar-refractivity contribution in [2.24, 2.45) is 0 Å². The Bertz CT molecular complexity index is 8.00. The zero-order valence-electron chi connectivity index (χ0n) is 1.97. The minimum atomic E-state index is 0.125. The van der Waals surface area contributed by atoms with Gasteiger partial charge in [-0.15, -0.1) is 0 Å². The van der Waals surface area contributed by atoms with Crippen LogP contribution in [-0.2, 0) is 28.1 Å². The van der Waals surface area contributed by atoms with Crippen LogP contribution in [-0.4, -0.2) is 16.5 Å². The third-order valence-corrected chi connectivity index (χ3v) is 0. The molecule has 0 bridgehead atoms. The van der Waals surface area contributed by atoms with E-state index in [1.54, 1.807) is 0 Å². The van der Waals surface area contributed by atoms with Crippen LogP contribution >= 0.6 is 0 Å². The van der Waals surface area contributed by atoms with E-state index in [9.17, 15) is 0 Å². The van der Waals surface area contributed by atoms with Gasteiger partial charge in [-0.1, -0.05) is 0 Å². The Morgan fingerprint density at radius 3 is 1.25 bits per heavy atom. The summed E-state index contributed by atoms with van der Waals surface area (Å²) in [7, 11) is 0. The molecular formula is H2GeNbO2. The number of rotatable bonds is 0. The van der Waals surface area contributed by atoms with Gasteiger partial charge in [0.25, 0.3) is 0 Å². The van der Waals surface area contributed by atoms with E-state index in [2.05, 4.69) is 0 Å². The van der Waals surface area contributed by atoms with Gasteiger partial charge in [0.2, 0.25) is 0 Å². The maximum atomic E-state index is 8.38. The van der Waals surface area contributed by atoms with Crippen molar-refractivity contribution in [3.8, 4) is 0 Å². The molecule has 0 unspecified atom stereocenters. The first-order chi connectivity index (χ1) is 2.00. The van der Waals surface area contributed by atoms with Crippen LogP contribution in [0.2, 0.25) is 0 Å². The van der Waals surface area contributed by atoms with Gasteiger partial charge in [-0.05, 0) is 0 Å². The maximum absolute atomic E-state index is 8.38. The molecule has 0 spiro atoms. The summed E-state index contributed by atoms with van der Waals surface area (Å²) in [4.78, 5) is 0. The van der Waals surface area contributed by atoms with Crippen LogP contribution in [0, 0.1) is 0 Å². The van der Waals surface area contributed by atoms with Crippen LogP contribution in [0.3, 0.4) is 0 Å². The Labute approximate surface area is 44.7 Å². The standard InChI is InChI=1S/GeH2O.Nb.O/c1-2;;/h1H2;;. The fourth-order valence-electron chi connectivity index (χ4n) is 0. The molecule has 0 saturated carbocycles. The summed E-state index contributed by atoms with van der Waals surface area (Å²) in [5.74, 6) is 0. The summed E-state index contributed by atoms with van der Waals surface area (Å²) in [6.07, 6.45) is 0. The summed E-state index contributed by atoms with van der Waals surface area (Å²) in [6, 6.07) is 0. The van der Waals surface area contributed by atoms with Crippen molar-refractivity contribution >= 4 is 16.5 Å². The van der Waals surface area contributed by atoms with Crippen LogP contribution in [0.1, 0.15) is 0 Å². The van der Waals surface area contributed by atoms with E-state index in [4.69, 9.17) is 7.03 Å². The van der Waals surface area contributed by atoms with E-state index < -0.39 is 0 Å². The fourth-order valence-corrected chi connectivity index (χ4v) is 0. The van der Waals surface area contributed by atoms with E-state index in [-0.39, 0.29) is 16.5 Å². The zero-order valence-corrected chi connectivity index (χ0v) is 7.14. The Kier molecular flexibility index (Phi) is 91.7. The molecule has 0 rings (SSSR count). The summed E-state index contributed by atoms with van der Waals surface area (Å²) in [6.45, 7) is 0. The van der Waals surface area contributed by atoms with Gasteiger partial charge in [0.1, 0.15) is 0 Å². The normalized spacial score (nSPS) is 1.75. The predicted octanol–water partition coefficient (Wildman–Crippen LogP) is -1.16. The first-order valence-electron chi connectivity index (χ1n) is 0.471. The molecule has 0 aromatic heterocycles. The molecule has 0 fully saturated rings. The first kappa shape index (κ1) is 8.86. The van der Waals surface area contributed by atoms with Crippen LogP contribution in [0.25, 0.3) is 0 Å². The second-order valence-electron chi connectivity index (χ2n) is 0. The first-order valence-corrected chi connectivity index (χ1v) is 2.58. The molecule has 0 saturated heterocycles. The van der Waals surface area contributed by atoms with Gasteiger partial charge < -0.3 is 0 Å². The third kappa shape index (κ3) is 13.1. The SMILES string of the molecule is [O]=[GeH2].[O]=[Nb]. The van der Waals surface area contributed by atoms with Gasteiger partial charge in [-0.2, -0.15) is 0 Å².